The normalized spacial score (nSPS) is 10.2. The fourth-order valence-electron chi connectivity index (χ4n) is 1.81. The zero-order valence-electron chi connectivity index (χ0n) is 10.2. The number of nitrogens with one attached hydrogen (secondary N) is 1. The number of carbonyl (C=O) groups is 1. The van der Waals surface area contributed by atoms with Gasteiger partial charge in [-0.1, -0.05) is 12.1 Å². The van der Waals surface area contributed by atoms with Crippen molar-refractivity contribution in [3.63, 3.8) is 0 Å². The lowest BCUT2D eigenvalue weighted by Crippen LogP contribution is -2.12. The lowest BCUT2D eigenvalue weighted by molar-refractivity contribution is 0.102. The summed E-state index contributed by atoms with van der Waals surface area (Å²) in [7, 11) is 0. The highest BCUT2D eigenvalue weighted by molar-refractivity contribution is 7.00. The van der Waals surface area contributed by atoms with E-state index in [-0.39, 0.29) is 5.91 Å². The van der Waals surface area contributed by atoms with Crippen LogP contribution in [0.5, 0.6) is 0 Å². The molecular weight excluding hydrogens is 272 g/mol. The zero-order chi connectivity index (χ0) is 13.9. The Morgan fingerprint density at radius 1 is 1.15 bits per heavy atom. The second-order valence-corrected chi connectivity index (χ2v) is 4.61. The van der Waals surface area contributed by atoms with E-state index in [4.69, 9.17) is 5.26 Å². The maximum Gasteiger partial charge on any atom is 0.255 e. The Morgan fingerprint density at radius 3 is 2.80 bits per heavy atom. The van der Waals surface area contributed by atoms with Gasteiger partial charge in [0.2, 0.25) is 0 Å². The van der Waals surface area contributed by atoms with Gasteiger partial charge in [0.15, 0.2) is 0 Å². The SMILES string of the molecule is N#Cc1ccccc1NC(=O)c1ccc2nsnc2c1. The molecule has 0 aliphatic rings. The van der Waals surface area contributed by atoms with Crippen molar-refractivity contribution >= 4 is 34.4 Å². The Labute approximate surface area is 118 Å². The van der Waals surface area contributed by atoms with Crippen LogP contribution >= 0.6 is 11.7 Å². The number of benzene rings is 2. The second kappa shape index (κ2) is 5.07. The van der Waals surface area contributed by atoms with Gasteiger partial charge in [-0.05, 0) is 30.3 Å². The molecule has 0 aliphatic carbocycles. The Balaban J connectivity index is 1.91. The summed E-state index contributed by atoms with van der Waals surface area (Å²) >= 11 is 1.11. The number of nitrogens with zero attached hydrogens (tertiary/aromatic N) is 3. The van der Waals surface area contributed by atoms with Gasteiger partial charge in [-0.15, -0.1) is 0 Å². The van der Waals surface area contributed by atoms with Crippen molar-refractivity contribution in [1.82, 2.24) is 8.75 Å². The summed E-state index contributed by atoms with van der Waals surface area (Å²) in [6, 6.07) is 14.0. The average Bonchev–Trinajstić information content (AvgIpc) is 2.95. The molecule has 5 nitrogen and oxygen atoms in total. The molecule has 6 heteroatoms. The zero-order valence-corrected chi connectivity index (χ0v) is 11.0. The van der Waals surface area contributed by atoms with Gasteiger partial charge in [-0.2, -0.15) is 14.0 Å². The van der Waals surface area contributed by atoms with Crippen LogP contribution in [0.1, 0.15) is 15.9 Å². The minimum absolute atomic E-state index is 0.275. The summed E-state index contributed by atoms with van der Waals surface area (Å²) in [4.78, 5) is 12.2. The first-order valence-corrected chi connectivity index (χ1v) is 6.54. The first-order chi connectivity index (χ1) is 9.78. The van der Waals surface area contributed by atoms with E-state index in [0.717, 1.165) is 17.2 Å². The van der Waals surface area contributed by atoms with Crippen molar-refractivity contribution in [3.8, 4) is 6.07 Å². The molecule has 1 aromatic heterocycles. The highest BCUT2D eigenvalue weighted by Crippen LogP contribution is 2.17. The van der Waals surface area contributed by atoms with Crippen molar-refractivity contribution in [3.05, 3.63) is 53.6 Å². The minimum atomic E-state index is -0.275. The molecule has 1 amide bonds. The number of nitriles is 1. The van der Waals surface area contributed by atoms with Crippen molar-refractivity contribution in [2.24, 2.45) is 0 Å². The largest absolute Gasteiger partial charge is 0.321 e. The van der Waals surface area contributed by atoms with E-state index in [2.05, 4.69) is 14.1 Å². The molecule has 0 aliphatic heterocycles. The smallest absolute Gasteiger partial charge is 0.255 e. The van der Waals surface area contributed by atoms with Gasteiger partial charge in [-0.3, -0.25) is 4.79 Å². The van der Waals surface area contributed by atoms with Crippen LogP contribution in [-0.4, -0.2) is 14.7 Å². The number of hydrogen-bond acceptors (Lipinski definition) is 5. The number of aromatic nitrogens is 2. The van der Waals surface area contributed by atoms with Crippen LogP contribution in [0.3, 0.4) is 0 Å². The Hall–Kier alpha value is -2.78. The predicted molar refractivity (Wildman–Crippen MR) is 76.5 cm³/mol. The van der Waals surface area contributed by atoms with Gasteiger partial charge in [0.05, 0.1) is 23.0 Å². The third kappa shape index (κ3) is 2.22. The molecular formula is C14H8N4OS. The summed E-state index contributed by atoms with van der Waals surface area (Å²) in [5.74, 6) is -0.275. The van der Waals surface area contributed by atoms with E-state index in [0.29, 0.717) is 22.3 Å². The Kier molecular flexibility index (Phi) is 3.11. The summed E-state index contributed by atoms with van der Waals surface area (Å²) in [5.41, 5.74) is 2.87. The number of hydrogen-bond donors (Lipinski definition) is 1. The maximum absolute atomic E-state index is 12.2. The number of rotatable bonds is 2. The van der Waals surface area contributed by atoms with E-state index >= 15 is 0 Å². The molecule has 96 valence electrons. The number of anilines is 1. The molecule has 1 N–H and O–H groups in total. The summed E-state index contributed by atoms with van der Waals surface area (Å²) in [6.45, 7) is 0. The molecule has 0 spiro atoms. The first kappa shape index (κ1) is 12.3. The molecule has 3 aromatic rings. The van der Waals surface area contributed by atoms with Gasteiger partial charge < -0.3 is 5.32 Å². The van der Waals surface area contributed by atoms with Crippen molar-refractivity contribution < 1.29 is 4.79 Å². The van der Waals surface area contributed by atoms with Crippen molar-refractivity contribution in [2.75, 3.05) is 5.32 Å². The van der Waals surface area contributed by atoms with Crippen LogP contribution in [0.2, 0.25) is 0 Å². The summed E-state index contributed by atoms with van der Waals surface area (Å²) in [5, 5.41) is 11.7. The second-order valence-electron chi connectivity index (χ2n) is 4.08. The van der Waals surface area contributed by atoms with E-state index in [1.165, 1.54) is 0 Å². The van der Waals surface area contributed by atoms with Crippen molar-refractivity contribution in [1.29, 1.82) is 5.26 Å². The molecule has 2 aromatic carbocycles. The fourth-order valence-corrected chi connectivity index (χ4v) is 2.32. The minimum Gasteiger partial charge on any atom is -0.321 e. The van der Waals surface area contributed by atoms with E-state index in [1.807, 2.05) is 6.07 Å². The molecule has 0 radical (unpaired) electrons. The molecule has 20 heavy (non-hydrogen) atoms. The van der Waals surface area contributed by atoms with Crippen LogP contribution in [-0.2, 0) is 0 Å². The lowest BCUT2D eigenvalue weighted by atomic mass is 10.1. The third-order valence-corrected chi connectivity index (χ3v) is 3.37. The van der Waals surface area contributed by atoms with E-state index < -0.39 is 0 Å². The maximum atomic E-state index is 12.2. The number of para-hydroxylation sites is 1. The molecule has 0 bridgehead atoms. The Bertz CT molecular complexity index is 834. The standard InChI is InChI=1S/C14H8N4OS/c15-8-10-3-1-2-4-11(10)16-14(19)9-5-6-12-13(7-9)18-20-17-12/h1-7H,(H,16,19). The number of fused-ring (bicyclic) bond motifs is 1. The Morgan fingerprint density at radius 2 is 1.95 bits per heavy atom. The van der Waals surface area contributed by atoms with E-state index in [9.17, 15) is 4.79 Å². The van der Waals surface area contributed by atoms with Crippen LogP contribution in [0.4, 0.5) is 5.69 Å². The number of amides is 1. The molecule has 0 unspecified atom stereocenters. The molecule has 0 fully saturated rings. The monoisotopic (exact) mass is 280 g/mol. The summed E-state index contributed by atoms with van der Waals surface area (Å²) < 4.78 is 8.19. The predicted octanol–water partition coefficient (Wildman–Crippen LogP) is 2.82. The van der Waals surface area contributed by atoms with E-state index in [1.54, 1.807) is 42.5 Å². The fraction of sp³-hybridized carbons (Fsp3) is 0. The molecule has 0 atom stereocenters. The van der Waals surface area contributed by atoms with Crippen LogP contribution < -0.4 is 5.32 Å². The third-order valence-electron chi connectivity index (χ3n) is 2.81. The average molecular weight is 280 g/mol. The molecule has 1 heterocycles. The first-order valence-electron chi connectivity index (χ1n) is 5.81. The van der Waals surface area contributed by atoms with Gasteiger partial charge in [0.1, 0.15) is 17.1 Å². The van der Waals surface area contributed by atoms with Gasteiger partial charge in [-0.25, -0.2) is 0 Å². The highest BCUT2D eigenvalue weighted by Gasteiger charge is 2.10. The van der Waals surface area contributed by atoms with Gasteiger partial charge in [0, 0.05) is 5.56 Å². The van der Waals surface area contributed by atoms with Gasteiger partial charge in [0.25, 0.3) is 5.91 Å². The van der Waals surface area contributed by atoms with Crippen LogP contribution in [0.25, 0.3) is 11.0 Å². The molecule has 0 saturated carbocycles. The van der Waals surface area contributed by atoms with Crippen LogP contribution in [0, 0.1) is 11.3 Å². The van der Waals surface area contributed by atoms with Gasteiger partial charge >= 0.3 is 0 Å². The highest BCUT2D eigenvalue weighted by atomic mass is 32.1. The quantitative estimate of drug-likeness (QED) is 0.782. The topological polar surface area (TPSA) is 78.7 Å². The lowest BCUT2D eigenvalue weighted by Gasteiger charge is -2.06. The summed E-state index contributed by atoms with van der Waals surface area (Å²) in [6.07, 6.45) is 0. The number of carbonyl (C=O) groups excluding carboxylic acids is 1. The molecule has 3 rings (SSSR count). The van der Waals surface area contributed by atoms with Crippen LogP contribution in [0.15, 0.2) is 42.5 Å². The molecule has 0 saturated heterocycles. The van der Waals surface area contributed by atoms with Crippen molar-refractivity contribution in [2.45, 2.75) is 0 Å².